The maximum atomic E-state index is 12.0. The fraction of sp³-hybridized carbons (Fsp3) is 0.500. The smallest absolute Gasteiger partial charge is 0.339 e. The van der Waals surface area contributed by atoms with Crippen molar-refractivity contribution in [3.05, 3.63) is 29.6 Å². The Morgan fingerprint density at radius 2 is 1.94 bits per heavy atom. The third kappa shape index (κ3) is 3.29. The van der Waals surface area contributed by atoms with Crippen molar-refractivity contribution in [2.75, 3.05) is 7.11 Å². The Labute approximate surface area is 107 Å². The number of ether oxygens (including phenoxy) is 1. The molecule has 0 amide bonds. The average molecular weight is 271 g/mol. The van der Waals surface area contributed by atoms with Gasteiger partial charge in [-0.3, -0.25) is 4.98 Å². The summed E-state index contributed by atoms with van der Waals surface area (Å²) in [5.41, 5.74) is 0.715. The molecular weight excluding hydrogens is 254 g/mol. The first-order valence-electron chi connectivity index (χ1n) is 5.43. The summed E-state index contributed by atoms with van der Waals surface area (Å²) >= 11 is 0. The van der Waals surface area contributed by atoms with Crippen LogP contribution in [0.1, 0.15) is 36.8 Å². The molecule has 1 aromatic heterocycles. The van der Waals surface area contributed by atoms with Gasteiger partial charge >= 0.3 is 5.97 Å². The van der Waals surface area contributed by atoms with Gasteiger partial charge in [0.2, 0.25) is 0 Å². The van der Waals surface area contributed by atoms with Gasteiger partial charge in [0.25, 0.3) is 0 Å². The molecule has 0 spiro atoms. The minimum Gasteiger partial charge on any atom is -0.465 e. The van der Waals surface area contributed by atoms with E-state index in [0.717, 1.165) is 0 Å². The number of esters is 1. The van der Waals surface area contributed by atoms with Crippen molar-refractivity contribution >= 4 is 15.8 Å². The number of hydrogen-bond acceptors (Lipinski definition) is 5. The number of aromatic nitrogens is 1. The van der Waals surface area contributed by atoms with E-state index in [1.807, 2.05) is 0 Å². The van der Waals surface area contributed by atoms with Crippen LogP contribution >= 0.6 is 0 Å². The summed E-state index contributed by atoms with van der Waals surface area (Å²) in [5, 5.41) is 0. The maximum absolute atomic E-state index is 12.0. The van der Waals surface area contributed by atoms with Crippen molar-refractivity contribution in [1.29, 1.82) is 0 Å². The number of hydrogen-bond donors (Lipinski definition) is 0. The molecule has 0 saturated heterocycles. The van der Waals surface area contributed by atoms with Crippen LogP contribution < -0.4 is 0 Å². The quantitative estimate of drug-likeness (QED) is 0.780. The summed E-state index contributed by atoms with van der Waals surface area (Å²) in [5.74, 6) is -0.634. The van der Waals surface area contributed by atoms with Gasteiger partial charge in [0, 0.05) is 6.20 Å². The van der Waals surface area contributed by atoms with Gasteiger partial charge in [0.15, 0.2) is 9.84 Å². The number of methoxy groups -OCH3 is 1. The molecule has 0 fully saturated rings. The molecule has 0 unspecified atom stereocenters. The van der Waals surface area contributed by atoms with Gasteiger partial charge in [0.1, 0.15) is 0 Å². The van der Waals surface area contributed by atoms with Crippen molar-refractivity contribution in [2.45, 2.75) is 31.3 Å². The zero-order valence-corrected chi connectivity index (χ0v) is 11.7. The second kappa shape index (κ2) is 5.06. The molecule has 6 heteroatoms. The van der Waals surface area contributed by atoms with Crippen LogP contribution in [0.2, 0.25) is 0 Å². The van der Waals surface area contributed by atoms with Crippen molar-refractivity contribution in [2.24, 2.45) is 0 Å². The Morgan fingerprint density at radius 1 is 1.33 bits per heavy atom. The lowest BCUT2D eigenvalue weighted by atomic mass is 10.2. The Balaban J connectivity index is 2.92. The van der Waals surface area contributed by atoms with Gasteiger partial charge in [-0.05, 0) is 32.9 Å². The van der Waals surface area contributed by atoms with Crippen LogP contribution in [0.4, 0.5) is 0 Å². The molecule has 0 aromatic carbocycles. The van der Waals surface area contributed by atoms with E-state index in [0.29, 0.717) is 11.3 Å². The Hall–Kier alpha value is -1.43. The zero-order valence-electron chi connectivity index (χ0n) is 10.9. The highest BCUT2D eigenvalue weighted by Crippen LogP contribution is 2.19. The van der Waals surface area contributed by atoms with E-state index in [-0.39, 0.29) is 5.75 Å². The molecule has 0 atom stereocenters. The second-order valence-electron chi connectivity index (χ2n) is 4.90. The summed E-state index contributed by atoms with van der Waals surface area (Å²) in [7, 11) is -1.99. The lowest BCUT2D eigenvalue weighted by Gasteiger charge is -2.18. The molecule has 0 bridgehead atoms. The normalized spacial score (nSPS) is 12.2. The topological polar surface area (TPSA) is 73.3 Å². The van der Waals surface area contributed by atoms with Gasteiger partial charge in [0.05, 0.1) is 28.9 Å². The standard InChI is InChI=1S/C12H17NO4S/c1-12(2,3)18(15,16)8-10-6-5-9(7-13-10)11(14)17-4/h5-7H,8H2,1-4H3. The van der Waals surface area contributed by atoms with E-state index in [9.17, 15) is 13.2 Å². The molecule has 0 aliphatic heterocycles. The van der Waals surface area contributed by atoms with Crippen LogP contribution in [0.15, 0.2) is 18.3 Å². The first-order chi connectivity index (χ1) is 8.17. The number of carbonyl (C=O) groups is 1. The molecule has 0 saturated carbocycles. The van der Waals surface area contributed by atoms with Crippen LogP contribution in [0.3, 0.4) is 0 Å². The number of rotatable bonds is 3. The number of nitrogens with zero attached hydrogens (tertiary/aromatic N) is 1. The summed E-state index contributed by atoms with van der Waals surface area (Å²) in [4.78, 5) is 15.2. The van der Waals surface area contributed by atoms with Crippen LogP contribution in [0.5, 0.6) is 0 Å². The van der Waals surface area contributed by atoms with E-state index in [1.54, 1.807) is 20.8 Å². The predicted octanol–water partition coefficient (Wildman–Crippen LogP) is 1.58. The van der Waals surface area contributed by atoms with Gasteiger partial charge in [-0.2, -0.15) is 0 Å². The third-order valence-electron chi connectivity index (χ3n) is 2.52. The van der Waals surface area contributed by atoms with Crippen LogP contribution in [0.25, 0.3) is 0 Å². The number of carbonyl (C=O) groups excluding carboxylic acids is 1. The van der Waals surface area contributed by atoms with E-state index < -0.39 is 20.6 Å². The lowest BCUT2D eigenvalue weighted by Crippen LogP contribution is -2.29. The fourth-order valence-electron chi connectivity index (χ4n) is 1.16. The Bertz CT molecular complexity index is 526. The van der Waals surface area contributed by atoms with Crippen molar-refractivity contribution < 1.29 is 17.9 Å². The molecule has 18 heavy (non-hydrogen) atoms. The Kier molecular flexibility index (Phi) is 4.11. The van der Waals surface area contributed by atoms with Crippen LogP contribution in [-0.4, -0.2) is 31.2 Å². The Morgan fingerprint density at radius 3 is 2.33 bits per heavy atom. The van der Waals surface area contributed by atoms with Gasteiger partial charge in [-0.1, -0.05) is 0 Å². The highest BCUT2D eigenvalue weighted by molar-refractivity contribution is 7.91. The lowest BCUT2D eigenvalue weighted by molar-refractivity contribution is 0.0600. The summed E-state index contributed by atoms with van der Waals surface area (Å²) in [6.07, 6.45) is 1.32. The van der Waals surface area contributed by atoms with E-state index in [2.05, 4.69) is 9.72 Å². The van der Waals surface area contributed by atoms with Crippen molar-refractivity contribution in [1.82, 2.24) is 4.98 Å². The van der Waals surface area contributed by atoms with Crippen molar-refractivity contribution in [3.8, 4) is 0 Å². The molecule has 0 radical (unpaired) electrons. The third-order valence-corrected chi connectivity index (χ3v) is 5.06. The van der Waals surface area contributed by atoms with Gasteiger partial charge in [-0.15, -0.1) is 0 Å². The molecule has 1 rings (SSSR count). The zero-order chi connectivity index (χ0) is 14.0. The van der Waals surface area contributed by atoms with Gasteiger partial charge < -0.3 is 4.74 Å². The highest BCUT2D eigenvalue weighted by atomic mass is 32.2. The number of sulfone groups is 1. The predicted molar refractivity (Wildman–Crippen MR) is 68.0 cm³/mol. The highest BCUT2D eigenvalue weighted by Gasteiger charge is 2.29. The molecule has 1 aromatic rings. The molecule has 1 heterocycles. The van der Waals surface area contributed by atoms with E-state index >= 15 is 0 Å². The average Bonchev–Trinajstić information content (AvgIpc) is 2.27. The molecule has 100 valence electrons. The summed E-state index contributed by atoms with van der Waals surface area (Å²) in [6.45, 7) is 4.93. The molecule has 0 aliphatic rings. The minimum atomic E-state index is -3.27. The maximum Gasteiger partial charge on any atom is 0.339 e. The van der Waals surface area contributed by atoms with E-state index in [1.165, 1.54) is 25.4 Å². The van der Waals surface area contributed by atoms with E-state index in [4.69, 9.17) is 0 Å². The van der Waals surface area contributed by atoms with Crippen molar-refractivity contribution in [3.63, 3.8) is 0 Å². The van der Waals surface area contributed by atoms with Crippen LogP contribution in [0, 0.1) is 0 Å². The molecule has 5 nitrogen and oxygen atoms in total. The summed E-state index contributed by atoms with van der Waals surface area (Å²) in [6, 6.07) is 3.03. The molecule has 0 N–H and O–H groups in total. The molecule has 0 aliphatic carbocycles. The largest absolute Gasteiger partial charge is 0.465 e. The minimum absolute atomic E-state index is 0.141. The van der Waals surface area contributed by atoms with Crippen LogP contribution in [-0.2, 0) is 20.3 Å². The summed E-state index contributed by atoms with van der Waals surface area (Å²) < 4.78 is 27.6. The first-order valence-corrected chi connectivity index (χ1v) is 7.08. The first kappa shape index (κ1) is 14.6. The monoisotopic (exact) mass is 271 g/mol. The SMILES string of the molecule is COC(=O)c1ccc(CS(=O)(=O)C(C)(C)C)nc1. The number of pyridine rings is 1. The molecular formula is C12H17NO4S. The van der Waals surface area contributed by atoms with Gasteiger partial charge in [-0.25, -0.2) is 13.2 Å². The fourth-order valence-corrected chi connectivity index (χ4v) is 2.15. The second-order valence-corrected chi connectivity index (χ2v) is 7.64.